The third-order valence-electron chi connectivity index (χ3n) is 5.65. The van der Waals surface area contributed by atoms with Gasteiger partial charge >= 0.3 is 0 Å². The van der Waals surface area contributed by atoms with E-state index in [1.807, 2.05) is 25.4 Å². The van der Waals surface area contributed by atoms with Crippen LogP contribution < -0.4 is 0 Å². The van der Waals surface area contributed by atoms with Crippen LogP contribution in [0.15, 0.2) is 42.6 Å². The SMILES string of the molecule is CC(=O)c1cc(CN2CCC([C@@H](O)CCc3ccccc3)CC2)n(C)c1. The van der Waals surface area contributed by atoms with Crippen LogP contribution in [0.25, 0.3) is 0 Å². The average Bonchev–Trinajstić information content (AvgIpc) is 3.02. The van der Waals surface area contributed by atoms with Crippen molar-refractivity contribution in [2.45, 2.75) is 45.3 Å². The fraction of sp³-hybridized carbons (Fsp3) is 0.500. The molecule has 1 aliphatic rings. The monoisotopic (exact) mass is 354 g/mol. The number of carbonyl (C=O) groups excluding carboxylic acids is 1. The summed E-state index contributed by atoms with van der Waals surface area (Å²) in [4.78, 5) is 14.0. The Balaban J connectivity index is 1.45. The maximum Gasteiger partial charge on any atom is 0.161 e. The Morgan fingerprint density at radius 1 is 1.23 bits per heavy atom. The van der Waals surface area contributed by atoms with Crippen molar-refractivity contribution in [2.75, 3.05) is 13.1 Å². The van der Waals surface area contributed by atoms with Gasteiger partial charge in [0.25, 0.3) is 0 Å². The molecule has 2 heterocycles. The molecule has 4 nitrogen and oxygen atoms in total. The molecule has 1 fully saturated rings. The van der Waals surface area contributed by atoms with Gasteiger partial charge in [0.15, 0.2) is 5.78 Å². The number of aliphatic hydroxyl groups excluding tert-OH is 1. The second kappa shape index (κ2) is 8.65. The molecule has 0 amide bonds. The van der Waals surface area contributed by atoms with E-state index in [1.165, 1.54) is 11.3 Å². The zero-order chi connectivity index (χ0) is 18.5. The smallest absolute Gasteiger partial charge is 0.161 e. The minimum atomic E-state index is -0.211. The Kier molecular flexibility index (Phi) is 6.28. The summed E-state index contributed by atoms with van der Waals surface area (Å²) in [5.74, 6) is 0.517. The van der Waals surface area contributed by atoms with Crippen molar-refractivity contribution in [2.24, 2.45) is 13.0 Å². The molecule has 4 heteroatoms. The second-order valence-corrected chi connectivity index (χ2v) is 7.59. The minimum Gasteiger partial charge on any atom is -0.393 e. The Morgan fingerprint density at radius 2 is 1.92 bits per heavy atom. The molecule has 140 valence electrons. The first-order valence-electron chi connectivity index (χ1n) is 9.63. The highest BCUT2D eigenvalue weighted by atomic mass is 16.3. The Morgan fingerprint density at radius 3 is 2.54 bits per heavy atom. The predicted octanol–water partition coefficient (Wildman–Crippen LogP) is 3.43. The zero-order valence-corrected chi connectivity index (χ0v) is 15.9. The fourth-order valence-electron chi connectivity index (χ4n) is 3.88. The van der Waals surface area contributed by atoms with Gasteiger partial charge in [-0.05, 0) is 63.2 Å². The number of aliphatic hydroxyl groups is 1. The van der Waals surface area contributed by atoms with Crippen LogP contribution >= 0.6 is 0 Å². The molecule has 0 unspecified atom stereocenters. The Labute approximate surface area is 156 Å². The summed E-state index contributed by atoms with van der Waals surface area (Å²) in [5, 5.41) is 10.6. The number of benzene rings is 1. The van der Waals surface area contributed by atoms with Crippen LogP contribution in [-0.2, 0) is 20.0 Å². The number of Topliss-reactive ketones (excluding diaryl/α,β-unsaturated/α-hetero) is 1. The highest BCUT2D eigenvalue weighted by Crippen LogP contribution is 2.25. The molecule has 0 radical (unpaired) electrons. The van der Waals surface area contributed by atoms with E-state index in [9.17, 15) is 9.90 Å². The van der Waals surface area contributed by atoms with Gasteiger partial charge in [-0.2, -0.15) is 0 Å². The summed E-state index contributed by atoms with van der Waals surface area (Å²) in [6, 6.07) is 12.4. The number of carbonyl (C=O) groups is 1. The van der Waals surface area contributed by atoms with Crippen LogP contribution in [-0.4, -0.2) is 39.6 Å². The maximum atomic E-state index is 11.5. The van der Waals surface area contributed by atoms with Crippen molar-refractivity contribution in [1.82, 2.24) is 9.47 Å². The van der Waals surface area contributed by atoms with E-state index in [0.717, 1.165) is 50.9 Å². The summed E-state index contributed by atoms with van der Waals surface area (Å²) in [6.45, 7) is 4.50. The molecule has 26 heavy (non-hydrogen) atoms. The summed E-state index contributed by atoms with van der Waals surface area (Å²) in [6.07, 6.45) is 5.57. The number of hydrogen-bond donors (Lipinski definition) is 1. The quantitative estimate of drug-likeness (QED) is 0.775. The van der Waals surface area contributed by atoms with Gasteiger partial charge in [-0.3, -0.25) is 9.69 Å². The van der Waals surface area contributed by atoms with Gasteiger partial charge in [0.05, 0.1) is 6.10 Å². The summed E-state index contributed by atoms with van der Waals surface area (Å²) >= 11 is 0. The molecule has 3 rings (SSSR count). The molecule has 0 spiro atoms. The van der Waals surface area contributed by atoms with E-state index in [-0.39, 0.29) is 11.9 Å². The molecule has 0 bridgehead atoms. The second-order valence-electron chi connectivity index (χ2n) is 7.59. The molecule has 1 aliphatic heterocycles. The van der Waals surface area contributed by atoms with Crippen LogP contribution in [0.2, 0.25) is 0 Å². The third-order valence-corrected chi connectivity index (χ3v) is 5.65. The van der Waals surface area contributed by atoms with Crippen molar-refractivity contribution in [3.05, 3.63) is 59.4 Å². The van der Waals surface area contributed by atoms with Crippen LogP contribution in [0.4, 0.5) is 0 Å². The first-order chi connectivity index (χ1) is 12.5. The number of aromatic nitrogens is 1. The minimum absolute atomic E-state index is 0.118. The van der Waals surface area contributed by atoms with Crippen molar-refractivity contribution in [3.8, 4) is 0 Å². The standard InChI is InChI=1S/C22H30N2O2/c1-17(25)20-14-21(23(2)15-20)16-24-12-10-19(11-13-24)22(26)9-8-18-6-4-3-5-7-18/h3-7,14-15,19,22,26H,8-13,16H2,1-2H3/t22-/m0/s1. The number of ketones is 1. The third kappa shape index (κ3) is 4.83. The zero-order valence-electron chi connectivity index (χ0n) is 15.9. The normalized spacial score (nSPS) is 17.3. The molecule has 1 saturated heterocycles. The van der Waals surface area contributed by atoms with E-state index >= 15 is 0 Å². The first-order valence-corrected chi connectivity index (χ1v) is 9.63. The lowest BCUT2D eigenvalue weighted by Crippen LogP contribution is -2.37. The highest BCUT2D eigenvalue weighted by molar-refractivity contribution is 5.94. The van der Waals surface area contributed by atoms with Crippen LogP contribution in [0, 0.1) is 5.92 Å². The van der Waals surface area contributed by atoms with Crippen molar-refractivity contribution >= 4 is 5.78 Å². The first kappa shape index (κ1) is 18.9. The summed E-state index contributed by atoms with van der Waals surface area (Å²) < 4.78 is 2.05. The average molecular weight is 354 g/mol. The van der Waals surface area contributed by atoms with Crippen molar-refractivity contribution in [1.29, 1.82) is 0 Å². The van der Waals surface area contributed by atoms with Crippen LogP contribution in [0.3, 0.4) is 0 Å². The molecule has 1 atom stereocenters. The van der Waals surface area contributed by atoms with Crippen LogP contribution in [0.5, 0.6) is 0 Å². The lowest BCUT2D eigenvalue weighted by molar-refractivity contribution is 0.0514. The van der Waals surface area contributed by atoms with E-state index in [4.69, 9.17) is 0 Å². The number of likely N-dealkylation sites (tertiary alicyclic amines) is 1. The molecule has 2 aromatic rings. The van der Waals surface area contributed by atoms with Crippen LogP contribution in [0.1, 0.15) is 47.8 Å². The molecule has 1 N–H and O–H groups in total. The van der Waals surface area contributed by atoms with E-state index in [0.29, 0.717) is 5.92 Å². The molecular formula is C22H30N2O2. The molecule has 1 aromatic heterocycles. The van der Waals surface area contributed by atoms with Gasteiger partial charge in [0.1, 0.15) is 0 Å². The van der Waals surface area contributed by atoms with Crippen molar-refractivity contribution in [3.63, 3.8) is 0 Å². The molecule has 0 aliphatic carbocycles. The fourth-order valence-corrected chi connectivity index (χ4v) is 3.88. The summed E-state index contributed by atoms with van der Waals surface area (Å²) in [7, 11) is 2.00. The Hall–Kier alpha value is -1.91. The largest absolute Gasteiger partial charge is 0.393 e. The molecule has 0 saturated carbocycles. The predicted molar refractivity (Wildman–Crippen MR) is 104 cm³/mol. The number of aryl methyl sites for hydroxylation is 2. The Bertz CT molecular complexity index is 715. The number of nitrogens with zero attached hydrogens (tertiary/aromatic N) is 2. The van der Waals surface area contributed by atoms with E-state index in [2.05, 4.69) is 33.7 Å². The highest BCUT2D eigenvalue weighted by Gasteiger charge is 2.25. The number of piperidine rings is 1. The van der Waals surface area contributed by atoms with Gasteiger partial charge in [-0.1, -0.05) is 30.3 Å². The number of hydrogen-bond acceptors (Lipinski definition) is 3. The van der Waals surface area contributed by atoms with Gasteiger partial charge in [0.2, 0.25) is 0 Å². The molecular weight excluding hydrogens is 324 g/mol. The van der Waals surface area contributed by atoms with Gasteiger partial charge < -0.3 is 9.67 Å². The number of rotatable bonds is 7. The lowest BCUT2D eigenvalue weighted by atomic mass is 9.88. The van der Waals surface area contributed by atoms with Gasteiger partial charge in [-0.15, -0.1) is 0 Å². The van der Waals surface area contributed by atoms with Gasteiger partial charge in [0, 0.05) is 31.0 Å². The van der Waals surface area contributed by atoms with Crippen molar-refractivity contribution < 1.29 is 9.90 Å². The van der Waals surface area contributed by atoms with E-state index in [1.54, 1.807) is 6.92 Å². The van der Waals surface area contributed by atoms with E-state index < -0.39 is 0 Å². The lowest BCUT2D eigenvalue weighted by Gasteiger charge is -2.34. The maximum absolute atomic E-state index is 11.5. The summed E-state index contributed by atoms with van der Waals surface area (Å²) in [5.41, 5.74) is 3.26. The topological polar surface area (TPSA) is 45.5 Å². The van der Waals surface area contributed by atoms with Gasteiger partial charge in [-0.25, -0.2) is 0 Å². The molecule has 1 aromatic carbocycles.